The molecule has 1 amide bonds. The van der Waals surface area contributed by atoms with Crippen molar-refractivity contribution < 1.29 is 9.32 Å². The molecule has 3 heterocycles. The molecule has 1 aliphatic heterocycles. The van der Waals surface area contributed by atoms with Gasteiger partial charge in [0.1, 0.15) is 0 Å². The number of rotatable bonds is 7. The predicted octanol–water partition coefficient (Wildman–Crippen LogP) is 2.69. The highest BCUT2D eigenvalue weighted by Crippen LogP contribution is 2.18. The van der Waals surface area contributed by atoms with E-state index < -0.39 is 0 Å². The number of pyridine rings is 1. The summed E-state index contributed by atoms with van der Waals surface area (Å²) in [4.78, 5) is 23.8. The summed E-state index contributed by atoms with van der Waals surface area (Å²) in [6.07, 6.45) is 5.69. The number of carbonyl (C=O) groups is 1. The van der Waals surface area contributed by atoms with Gasteiger partial charge in [0.25, 0.3) is 0 Å². The zero-order chi connectivity index (χ0) is 19.1. The van der Waals surface area contributed by atoms with E-state index in [2.05, 4.69) is 20.4 Å². The van der Waals surface area contributed by atoms with Crippen molar-refractivity contribution >= 4 is 5.91 Å². The van der Waals surface area contributed by atoms with Crippen LogP contribution >= 0.6 is 0 Å². The second-order valence-electron chi connectivity index (χ2n) is 7.38. The van der Waals surface area contributed by atoms with Crippen molar-refractivity contribution in [1.82, 2.24) is 25.3 Å². The molecule has 7 nitrogen and oxygen atoms in total. The molecule has 27 heavy (non-hydrogen) atoms. The monoisotopic (exact) mass is 371 g/mol. The molecule has 2 aromatic heterocycles. The minimum atomic E-state index is 0.122. The number of hydrogen-bond acceptors (Lipinski definition) is 6. The van der Waals surface area contributed by atoms with Crippen molar-refractivity contribution in [3.63, 3.8) is 0 Å². The van der Waals surface area contributed by atoms with Crippen molar-refractivity contribution in [1.29, 1.82) is 0 Å². The van der Waals surface area contributed by atoms with Gasteiger partial charge in [0.05, 0.1) is 12.2 Å². The summed E-state index contributed by atoms with van der Waals surface area (Å²) in [5, 5.41) is 7.40. The van der Waals surface area contributed by atoms with E-state index in [-0.39, 0.29) is 17.9 Å². The molecule has 1 N–H and O–H groups in total. The molecule has 0 radical (unpaired) electrons. The molecule has 7 heteroatoms. The standard InChI is InChI=1S/C20H29N5O2/c1-15(2)20-23-18(27-24-20)8-9-19(26)25(14-16-6-3-4-12-22-16)17-7-5-11-21-13-10-17/h3-4,6,12,15,17,21H,5,7-11,13-14H2,1-2H3. The Balaban J connectivity index is 1.67. The van der Waals surface area contributed by atoms with E-state index in [1.54, 1.807) is 6.20 Å². The molecule has 0 spiro atoms. The number of nitrogens with one attached hydrogen (secondary N) is 1. The van der Waals surface area contributed by atoms with E-state index in [4.69, 9.17) is 4.52 Å². The number of aryl methyl sites for hydroxylation is 1. The summed E-state index contributed by atoms with van der Waals surface area (Å²) in [7, 11) is 0. The molecule has 1 fully saturated rings. The van der Waals surface area contributed by atoms with Crippen LogP contribution < -0.4 is 5.32 Å². The molecule has 146 valence electrons. The Bertz CT molecular complexity index is 708. The van der Waals surface area contributed by atoms with Gasteiger partial charge in [-0.25, -0.2) is 0 Å². The molecular weight excluding hydrogens is 342 g/mol. The van der Waals surface area contributed by atoms with Gasteiger partial charge in [-0.05, 0) is 44.5 Å². The summed E-state index contributed by atoms with van der Waals surface area (Å²) in [6, 6.07) is 6.07. The molecule has 1 unspecified atom stereocenters. The molecular formula is C20H29N5O2. The first kappa shape index (κ1) is 19.5. The summed E-state index contributed by atoms with van der Waals surface area (Å²) in [6.45, 7) is 6.55. The van der Waals surface area contributed by atoms with Crippen molar-refractivity contribution in [3.05, 3.63) is 41.8 Å². The Morgan fingerprint density at radius 1 is 1.33 bits per heavy atom. The van der Waals surface area contributed by atoms with Gasteiger partial charge in [0.15, 0.2) is 5.82 Å². The lowest BCUT2D eigenvalue weighted by molar-refractivity contribution is -0.134. The normalized spacial score (nSPS) is 17.7. The van der Waals surface area contributed by atoms with Crippen LogP contribution in [-0.2, 0) is 17.8 Å². The summed E-state index contributed by atoms with van der Waals surface area (Å²) >= 11 is 0. The minimum Gasteiger partial charge on any atom is -0.339 e. The predicted molar refractivity (Wildman–Crippen MR) is 102 cm³/mol. The van der Waals surface area contributed by atoms with Crippen molar-refractivity contribution in [2.75, 3.05) is 13.1 Å². The average molecular weight is 371 g/mol. The number of nitrogens with zero attached hydrogens (tertiary/aromatic N) is 4. The fourth-order valence-electron chi connectivity index (χ4n) is 3.36. The van der Waals surface area contributed by atoms with Crippen molar-refractivity contribution in [3.8, 4) is 0 Å². The lowest BCUT2D eigenvalue weighted by Gasteiger charge is -2.31. The van der Waals surface area contributed by atoms with Crippen LogP contribution in [0.15, 0.2) is 28.9 Å². The van der Waals surface area contributed by atoms with Crippen LogP contribution in [0.3, 0.4) is 0 Å². The van der Waals surface area contributed by atoms with Crippen LogP contribution in [0.5, 0.6) is 0 Å². The van der Waals surface area contributed by atoms with Gasteiger partial charge in [-0.3, -0.25) is 9.78 Å². The van der Waals surface area contributed by atoms with E-state index in [1.807, 2.05) is 36.9 Å². The molecule has 1 saturated heterocycles. The largest absolute Gasteiger partial charge is 0.339 e. The fourth-order valence-corrected chi connectivity index (χ4v) is 3.36. The molecule has 1 atom stereocenters. The van der Waals surface area contributed by atoms with Crippen LogP contribution in [-0.4, -0.2) is 45.1 Å². The van der Waals surface area contributed by atoms with Crippen molar-refractivity contribution in [2.45, 2.75) is 64.5 Å². The topological polar surface area (TPSA) is 84.2 Å². The second kappa shape index (κ2) is 9.60. The highest BCUT2D eigenvalue weighted by molar-refractivity contribution is 5.76. The Morgan fingerprint density at radius 2 is 2.22 bits per heavy atom. The molecule has 0 aromatic carbocycles. The smallest absolute Gasteiger partial charge is 0.227 e. The second-order valence-corrected chi connectivity index (χ2v) is 7.38. The highest BCUT2D eigenvalue weighted by atomic mass is 16.5. The van der Waals surface area contributed by atoms with Crippen molar-refractivity contribution in [2.24, 2.45) is 0 Å². The molecule has 2 aromatic rings. The van der Waals surface area contributed by atoms with Gasteiger partial charge in [-0.2, -0.15) is 4.98 Å². The van der Waals surface area contributed by atoms with Gasteiger partial charge >= 0.3 is 0 Å². The molecule has 1 aliphatic rings. The number of amides is 1. The zero-order valence-corrected chi connectivity index (χ0v) is 16.2. The van der Waals surface area contributed by atoms with E-state index in [0.717, 1.165) is 38.0 Å². The third kappa shape index (κ3) is 5.60. The Kier molecular flexibility index (Phi) is 6.92. The van der Waals surface area contributed by atoms with E-state index in [9.17, 15) is 4.79 Å². The first-order valence-electron chi connectivity index (χ1n) is 9.86. The van der Waals surface area contributed by atoms with E-state index in [0.29, 0.717) is 31.1 Å². The highest BCUT2D eigenvalue weighted by Gasteiger charge is 2.25. The van der Waals surface area contributed by atoms with E-state index in [1.165, 1.54) is 0 Å². The fraction of sp³-hybridized carbons (Fsp3) is 0.600. The van der Waals surface area contributed by atoms with Crippen LogP contribution in [0, 0.1) is 0 Å². The van der Waals surface area contributed by atoms with Gasteiger partial charge in [0, 0.05) is 31.0 Å². The maximum absolute atomic E-state index is 13.1. The molecule has 3 rings (SSSR count). The SMILES string of the molecule is CC(C)c1noc(CCC(=O)N(Cc2ccccn2)C2CCCNCC2)n1. The first-order chi connectivity index (χ1) is 13.1. The molecule has 0 saturated carbocycles. The van der Waals surface area contributed by atoms with Crippen LogP contribution in [0.2, 0.25) is 0 Å². The maximum atomic E-state index is 13.1. The van der Waals surface area contributed by atoms with Gasteiger partial charge in [0.2, 0.25) is 11.8 Å². The zero-order valence-electron chi connectivity index (χ0n) is 16.2. The summed E-state index contributed by atoms with van der Waals surface area (Å²) < 4.78 is 5.29. The minimum absolute atomic E-state index is 0.122. The van der Waals surface area contributed by atoms with Gasteiger partial charge < -0.3 is 14.7 Å². The van der Waals surface area contributed by atoms with Gasteiger partial charge in [-0.1, -0.05) is 25.1 Å². The molecule has 0 aliphatic carbocycles. The Morgan fingerprint density at radius 3 is 2.96 bits per heavy atom. The average Bonchev–Trinajstić information content (AvgIpc) is 3.00. The van der Waals surface area contributed by atoms with E-state index >= 15 is 0 Å². The third-order valence-electron chi connectivity index (χ3n) is 4.92. The Labute approximate surface area is 160 Å². The maximum Gasteiger partial charge on any atom is 0.227 e. The van der Waals surface area contributed by atoms with Crippen LogP contribution in [0.25, 0.3) is 0 Å². The first-order valence-corrected chi connectivity index (χ1v) is 9.86. The number of carbonyl (C=O) groups excluding carboxylic acids is 1. The quantitative estimate of drug-likeness (QED) is 0.806. The van der Waals surface area contributed by atoms with Crippen LogP contribution in [0.1, 0.15) is 62.9 Å². The summed E-state index contributed by atoms with van der Waals surface area (Å²) in [5.41, 5.74) is 0.919. The molecule has 0 bridgehead atoms. The van der Waals surface area contributed by atoms with Crippen LogP contribution in [0.4, 0.5) is 0 Å². The lowest BCUT2D eigenvalue weighted by atomic mass is 10.1. The number of hydrogen-bond donors (Lipinski definition) is 1. The number of aromatic nitrogens is 3. The summed E-state index contributed by atoms with van der Waals surface area (Å²) in [5.74, 6) is 1.57. The van der Waals surface area contributed by atoms with Gasteiger partial charge in [-0.15, -0.1) is 0 Å². The third-order valence-corrected chi connectivity index (χ3v) is 4.92. The lowest BCUT2D eigenvalue weighted by Crippen LogP contribution is -2.40. The Hall–Kier alpha value is -2.28.